The van der Waals surface area contributed by atoms with Crippen LogP contribution < -0.4 is 0 Å². The minimum absolute atomic E-state index is 0.343. The van der Waals surface area contributed by atoms with Crippen LogP contribution in [0.15, 0.2) is 94.9 Å². The molecular weight excluding hydrogens is 484 g/mol. The Balaban J connectivity index is 1.66. The molecule has 0 saturated heterocycles. The van der Waals surface area contributed by atoms with Gasteiger partial charge in [-0.15, -0.1) is 0 Å². The maximum Gasteiger partial charge on any atom is 0.0694 e. The number of benzene rings is 4. The third-order valence-corrected chi connectivity index (χ3v) is 8.25. The normalized spacial score (nSPS) is 13.8. The van der Waals surface area contributed by atoms with Crippen molar-refractivity contribution < 1.29 is 0 Å². The minimum Gasteiger partial charge on any atom is -0.251 e. The van der Waals surface area contributed by atoms with Crippen LogP contribution in [0.3, 0.4) is 0 Å². The number of nitrogens with zero attached hydrogens (tertiary/aromatic N) is 2. The topological polar surface area (TPSA) is 24.7 Å². The summed E-state index contributed by atoms with van der Waals surface area (Å²) in [5, 5.41) is 0. The van der Waals surface area contributed by atoms with E-state index < -0.39 is 0 Å². The summed E-state index contributed by atoms with van der Waals surface area (Å²) < 4.78 is 0. The zero-order valence-electron chi connectivity index (χ0n) is 25.5. The van der Waals surface area contributed by atoms with E-state index in [0.717, 1.165) is 35.6 Å². The van der Waals surface area contributed by atoms with E-state index in [1.165, 1.54) is 44.5 Å². The zero-order valence-corrected chi connectivity index (χ0v) is 25.5. The Morgan fingerprint density at radius 1 is 0.550 bits per heavy atom. The smallest absolute Gasteiger partial charge is 0.0694 e. The van der Waals surface area contributed by atoms with E-state index in [2.05, 4.69) is 140 Å². The molecule has 0 radical (unpaired) electrons. The van der Waals surface area contributed by atoms with Crippen LogP contribution in [0.4, 0.5) is 11.4 Å². The van der Waals surface area contributed by atoms with Crippen molar-refractivity contribution >= 4 is 22.8 Å². The lowest BCUT2D eigenvalue weighted by atomic mass is 9.89. The fraction of sp³-hybridized carbons (Fsp3) is 0.316. The van der Waals surface area contributed by atoms with E-state index >= 15 is 0 Å². The molecule has 0 aliphatic rings. The highest BCUT2D eigenvalue weighted by Crippen LogP contribution is 2.34. The second-order valence-corrected chi connectivity index (χ2v) is 11.1. The van der Waals surface area contributed by atoms with E-state index in [9.17, 15) is 0 Å². The highest BCUT2D eigenvalue weighted by atomic mass is 14.8. The number of hydrogen-bond acceptors (Lipinski definition) is 2. The Kier molecular flexibility index (Phi) is 9.53. The van der Waals surface area contributed by atoms with Crippen molar-refractivity contribution in [1.29, 1.82) is 0 Å². The van der Waals surface area contributed by atoms with Crippen molar-refractivity contribution in [2.24, 2.45) is 9.98 Å². The molecule has 4 aromatic rings. The molecule has 2 heteroatoms. The summed E-state index contributed by atoms with van der Waals surface area (Å²) in [7, 11) is 0. The summed E-state index contributed by atoms with van der Waals surface area (Å²) >= 11 is 0. The molecule has 206 valence electrons. The summed E-state index contributed by atoms with van der Waals surface area (Å²) in [6.07, 6.45) is 1.89. The second kappa shape index (κ2) is 13.0. The SMILES string of the molecule is CCc1cc(C(C)c2ccccc2)cc(C)c1N=C(C)C(C)=Nc1c(C)cc(C(C)c2ccccc2)cc1CC. The molecule has 0 saturated carbocycles. The molecule has 0 heterocycles. The van der Waals surface area contributed by atoms with Crippen molar-refractivity contribution in [2.75, 3.05) is 0 Å². The highest BCUT2D eigenvalue weighted by molar-refractivity contribution is 6.41. The second-order valence-electron chi connectivity index (χ2n) is 11.1. The zero-order chi connectivity index (χ0) is 28.8. The Hall–Kier alpha value is -3.78. The molecule has 2 nitrogen and oxygen atoms in total. The fourth-order valence-electron chi connectivity index (χ4n) is 5.49. The Bertz CT molecular complexity index is 1390. The number of aryl methyl sites for hydroxylation is 4. The van der Waals surface area contributed by atoms with Gasteiger partial charge in [0.05, 0.1) is 22.8 Å². The summed E-state index contributed by atoms with van der Waals surface area (Å²) in [4.78, 5) is 10.3. The van der Waals surface area contributed by atoms with E-state index in [-0.39, 0.29) is 0 Å². The van der Waals surface area contributed by atoms with Crippen LogP contribution in [-0.4, -0.2) is 11.4 Å². The molecule has 0 N–H and O–H groups in total. The maximum atomic E-state index is 5.16. The molecule has 4 aromatic carbocycles. The minimum atomic E-state index is 0.343. The lowest BCUT2D eigenvalue weighted by Crippen LogP contribution is -2.07. The van der Waals surface area contributed by atoms with Gasteiger partial charge in [0.15, 0.2) is 0 Å². The first-order valence-corrected chi connectivity index (χ1v) is 14.7. The fourth-order valence-corrected chi connectivity index (χ4v) is 5.49. The average molecular weight is 529 g/mol. The monoisotopic (exact) mass is 528 g/mol. The molecule has 0 aliphatic carbocycles. The van der Waals surface area contributed by atoms with Crippen LogP contribution in [-0.2, 0) is 12.8 Å². The summed E-state index contributed by atoms with van der Waals surface area (Å²) in [6.45, 7) is 17.6. The van der Waals surface area contributed by atoms with E-state index in [1.54, 1.807) is 0 Å². The summed E-state index contributed by atoms with van der Waals surface area (Å²) in [5.74, 6) is 0.686. The number of rotatable bonds is 9. The summed E-state index contributed by atoms with van der Waals surface area (Å²) in [6, 6.07) is 30.8. The molecule has 0 bridgehead atoms. The molecular formula is C38H44N2. The van der Waals surface area contributed by atoms with Gasteiger partial charge in [-0.3, -0.25) is 9.98 Å². The Labute approximate surface area is 242 Å². The van der Waals surface area contributed by atoms with Crippen LogP contribution in [0.1, 0.15) is 97.9 Å². The van der Waals surface area contributed by atoms with Gasteiger partial charge in [-0.2, -0.15) is 0 Å². The molecule has 0 aliphatic heterocycles. The van der Waals surface area contributed by atoms with Gasteiger partial charge in [0, 0.05) is 11.8 Å². The molecule has 0 amide bonds. The summed E-state index contributed by atoms with van der Waals surface area (Å²) in [5.41, 5.74) is 14.5. The van der Waals surface area contributed by atoms with Gasteiger partial charge in [0.25, 0.3) is 0 Å². The standard InChI is InChI=1S/C38H44N2/c1-9-31-23-35(27(5)33-17-13-11-14-18-33)21-25(3)37(31)39-29(7)30(8)40-38-26(4)22-36(24-32(38)10-2)28(6)34-19-15-12-16-20-34/h11-24,27-28H,9-10H2,1-8H3. The molecule has 0 aromatic heterocycles. The first kappa shape index (κ1) is 29.2. The third kappa shape index (κ3) is 6.50. The van der Waals surface area contributed by atoms with Crippen LogP contribution in [0, 0.1) is 13.8 Å². The quantitative estimate of drug-likeness (QED) is 0.193. The highest BCUT2D eigenvalue weighted by Gasteiger charge is 2.16. The van der Waals surface area contributed by atoms with Gasteiger partial charge in [-0.05, 0) is 85.0 Å². The Morgan fingerprint density at radius 3 is 1.23 bits per heavy atom. The van der Waals surface area contributed by atoms with Gasteiger partial charge in [-0.1, -0.05) is 113 Å². The van der Waals surface area contributed by atoms with Crippen molar-refractivity contribution in [3.63, 3.8) is 0 Å². The van der Waals surface area contributed by atoms with Crippen LogP contribution in [0.5, 0.6) is 0 Å². The molecule has 4 rings (SSSR count). The number of aliphatic imine (C=N–C) groups is 2. The lowest BCUT2D eigenvalue weighted by molar-refractivity contribution is 0.913. The van der Waals surface area contributed by atoms with Gasteiger partial charge < -0.3 is 0 Å². The first-order chi connectivity index (χ1) is 19.2. The van der Waals surface area contributed by atoms with Crippen LogP contribution in [0.2, 0.25) is 0 Å². The lowest BCUT2D eigenvalue weighted by Gasteiger charge is -2.18. The van der Waals surface area contributed by atoms with Crippen molar-refractivity contribution in [3.05, 3.63) is 129 Å². The number of hydrogen-bond donors (Lipinski definition) is 0. The molecule has 2 atom stereocenters. The third-order valence-electron chi connectivity index (χ3n) is 8.25. The van der Waals surface area contributed by atoms with E-state index in [1.807, 2.05) is 0 Å². The average Bonchev–Trinajstić information content (AvgIpc) is 2.98. The van der Waals surface area contributed by atoms with Crippen molar-refractivity contribution in [2.45, 2.75) is 80.1 Å². The first-order valence-electron chi connectivity index (χ1n) is 14.7. The molecule has 0 fully saturated rings. The van der Waals surface area contributed by atoms with Gasteiger partial charge in [0.1, 0.15) is 0 Å². The molecule has 40 heavy (non-hydrogen) atoms. The maximum absolute atomic E-state index is 5.16. The molecule has 2 unspecified atom stereocenters. The van der Waals surface area contributed by atoms with Gasteiger partial charge >= 0.3 is 0 Å². The van der Waals surface area contributed by atoms with E-state index in [4.69, 9.17) is 9.98 Å². The largest absolute Gasteiger partial charge is 0.251 e. The molecule has 0 spiro atoms. The predicted molar refractivity (Wildman–Crippen MR) is 175 cm³/mol. The van der Waals surface area contributed by atoms with Gasteiger partial charge in [-0.25, -0.2) is 0 Å². The van der Waals surface area contributed by atoms with Crippen LogP contribution in [0.25, 0.3) is 0 Å². The van der Waals surface area contributed by atoms with Crippen LogP contribution >= 0.6 is 0 Å². The Morgan fingerprint density at radius 2 is 0.900 bits per heavy atom. The van der Waals surface area contributed by atoms with Crippen molar-refractivity contribution in [3.8, 4) is 0 Å². The van der Waals surface area contributed by atoms with Crippen molar-refractivity contribution in [1.82, 2.24) is 0 Å². The van der Waals surface area contributed by atoms with E-state index in [0.29, 0.717) is 11.8 Å². The predicted octanol–water partition coefficient (Wildman–Crippen LogP) is 10.6. The van der Waals surface area contributed by atoms with Gasteiger partial charge in [0.2, 0.25) is 0 Å².